The second-order valence-electron chi connectivity index (χ2n) is 1.82. The van der Waals surface area contributed by atoms with E-state index in [1.165, 1.54) is 0 Å². The summed E-state index contributed by atoms with van der Waals surface area (Å²) >= 11 is 0. The Balaban J connectivity index is 2.88. The van der Waals surface area contributed by atoms with Crippen LogP contribution in [0.25, 0.3) is 0 Å². The average molecular weight is 133 g/mol. The van der Waals surface area contributed by atoms with Gasteiger partial charge < -0.3 is 5.11 Å². The summed E-state index contributed by atoms with van der Waals surface area (Å²) in [4.78, 5) is 3.86. The third kappa shape index (κ3) is 1.34. The van der Waals surface area contributed by atoms with Gasteiger partial charge in [-0.3, -0.25) is 4.98 Å². The molecule has 0 aliphatic rings. The van der Waals surface area contributed by atoms with Gasteiger partial charge in [0.05, 0.1) is 5.69 Å². The fraction of sp³-hybridized carbons (Fsp3) is 0.125. The predicted octanol–water partition coefficient (Wildman–Crippen LogP) is 0.748. The molecule has 0 spiro atoms. The van der Waals surface area contributed by atoms with E-state index in [4.69, 9.17) is 11.5 Å². The molecule has 2 heteroatoms. The maximum absolute atomic E-state index is 9.03. The Morgan fingerprint density at radius 2 is 2.40 bits per heavy atom. The number of pyridine rings is 1. The van der Waals surface area contributed by atoms with Crippen LogP contribution in [0.15, 0.2) is 24.4 Å². The molecule has 0 amide bonds. The van der Waals surface area contributed by atoms with Crippen LogP contribution in [0, 0.1) is 12.3 Å². The summed E-state index contributed by atoms with van der Waals surface area (Å²) < 4.78 is 0. The third-order valence-corrected chi connectivity index (χ3v) is 1.13. The number of hydrogen-bond acceptors (Lipinski definition) is 2. The summed E-state index contributed by atoms with van der Waals surface area (Å²) in [5.41, 5.74) is 0.519. The molecule has 0 bridgehead atoms. The van der Waals surface area contributed by atoms with E-state index >= 15 is 0 Å². The minimum Gasteiger partial charge on any atom is -0.374 e. The summed E-state index contributed by atoms with van der Waals surface area (Å²) in [7, 11) is 0. The molecule has 2 nitrogen and oxygen atoms in total. The van der Waals surface area contributed by atoms with Crippen LogP contribution in [0.1, 0.15) is 11.8 Å². The van der Waals surface area contributed by atoms with E-state index in [2.05, 4.69) is 10.9 Å². The predicted molar refractivity (Wildman–Crippen MR) is 38.0 cm³/mol. The molecule has 0 aliphatic heterocycles. The Morgan fingerprint density at radius 3 is 2.90 bits per heavy atom. The molecule has 0 saturated carbocycles. The highest BCUT2D eigenvalue weighted by Crippen LogP contribution is 2.05. The number of aromatic nitrogens is 1. The first-order valence-electron chi connectivity index (χ1n) is 2.89. The molecular formula is C8H7NO. The number of rotatable bonds is 1. The SMILES string of the molecule is C#C[C@@H](O)c1ccccn1. The standard InChI is InChI=1S/C8H7NO/c1-2-8(10)7-5-3-4-6-9-7/h1,3-6,8,10H/t8-/m1/s1. The number of aliphatic hydroxyl groups excluding tert-OH is 1. The van der Waals surface area contributed by atoms with Crippen molar-refractivity contribution in [2.45, 2.75) is 6.10 Å². The maximum Gasteiger partial charge on any atom is 0.156 e. The zero-order chi connectivity index (χ0) is 7.40. The smallest absolute Gasteiger partial charge is 0.156 e. The first-order valence-corrected chi connectivity index (χ1v) is 2.89. The normalized spacial score (nSPS) is 12.0. The van der Waals surface area contributed by atoms with Gasteiger partial charge in [-0.1, -0.05) is 12.0 Å². The first kappa shape index (κ1) is 6.79. The largest absolute Gasteiger partial charge is 0.374 e. The van der Waals surface area contributed by atoms with Gasteiger partial charge in [0.25, 0.3) is 0 Å². The molecule has 1 heterocycles. The van der Waals surface area contributed by atoms with E-state index in [1.807, 2.05) is 0 Å². The fourth-order valence-corrected chi connectivity index (χ4v) is 0.623. The van der Waals surface area contributed by atoms with Crippen molar-refractivity contribution in [3.05, 3.63) is 30.1 Å². The van der Waals surface area contributed by atoms with Gasteiger partial charge >= 0.3 is 0 Å². The number of terminal acetylenes is 1. The lowest BCUT2D eigenvalue weighted by atomic mass is 10.2. The van der Waals surface area contributed by atoms with Crippen molar-refractivity contribution in [2.24, 2.45) is 0 Å². The summed E-state index contributed by atoms with van der Waals surface area (Å²) in [5, 5.41) is 9.03. The molecule has 10 heavy (non-hydrogen) atoms. The quantitative estimate of drug-likeness (QED) is 0.573. The van der Waals surface area contributed by atoms with Gasteiger partial charge in [0.1, 0.15) is 0 Å². The van der Waals surface area contributed by atoms with Gasteiger partial charge in [-0.05, 0) is 12.1 Å². The lowest BCUT2D eigenvalue weighted by Gasteiger charge is -1.99. The van der Waals surface area contributed by atoms with E-state index in [1.54, 1.807) is 24.4 Å². The van der Waals surface area contributed by atoms with Gasteiger partial charge in [0, 0.05) is 6.20 Å². The van der Waals surface area contributed by atoms with Crippen LogP contribution in [0.3, 0.4) is 0 Å². The number of aliphatic hydroxyl groups is 1. The van der Waals surface area contributed by atoms with Crippen LogP contribution in [0.2, 0.25) is 0 Å². The lowest BCUT2D eigenvalue weighted by molar-refractivity contribution is 0.233. The Kier molecular flexibility index (Phi) is 2.03. The molecule has 0 unspecified atom stereocenters. The molecule has 1 N–H and O–H groups in total. The van der Waals surface area contributed by atoms with Crippen molar-refractivity contribution in [1.29, 1.82) is 0 Å². The molecule has 0 aromatic carbocycles. The van der Waals surface area contributed by atoms with Gasteiger partial charge in [-0.2, -0.15) is 0 Å². The van der Waals surface area contributed by atoms with Crippen molar-refractivity contribution in [1.82, 2.24) is 4.98 Å². The lowest BCUT2D eigenvalue weighted by Crippen LogP contribution is -1.95. The van der Waals surface area contributed by atoms with Gasteiger partial charge in [0.2, 0.25) is 0 Å². The maximum atomic E-state index is 9.03. The third-order valence-electron chi connectivity index (χ3n) is 1.13. The topological polar surface area (TPSA) is 33.1 Å². The molecule has 1 aromatic heterocycles. The van der Waals surface area contributed by atoms with Gasteiger partial charge in [-0.15, -0.1) is 6.42 Å². The van der Waals surface area contributed by atoms with Crippen molar-refractivity contribution < 1.29 is 5.11 Å². The van der Waals surface area contributed by atoms with Crippen LogP contribution >= 0.6 is 0 Å². The molecule has 1 atom stereocenters. The van der Waals surface area contributed by atoms with Crippen LogP contribution in [-0.2, 0) is 0 Å². The van der Waals surface area contributed by atoms with Gasteiger partial charge in [-0.25, -0.2) is 0 Å². The molecule has 0 fully saturated rings. The second kappa shape index (κ2) is 3.00. The summed E-state index contributed by atoms with van der Waals surface area (Å²) in [6.45, 7) is 0. The number of nitrogens with zero attached hydrogens (tertiary/aromatic N) is 1. The van der Waals surface area contributed by atoms with Crippen molar-refractivity contribution >= 4 is 0 Å². The monoisotopic (exact) mass is 133 g/mol. The van der Waals surface area contributed by atoms with E-state index in [9.17, 15) is 0 Å². The minimum atomic E-state index is -0.874. The second-order valence-corrected chi connectivity index (χ2v) is 1.82. The Bertz CT molecular complexity index is 237. The van der Waals surface area contributed by atoms with Crippen molar-refractivity contribution in [3.63, 3.8) is 0 Å². The van der Waals surface area contributed by atoms with E-state index in [0.717, 1.165) is 0 Å². The number of hydrogen-bond donors (Lipinski definition) is 1. The van der Waals surface area contributed by atoms with Crippen molar-refractivity contribution in [3.8, 4) is 12.3 Å². The Morgan fingerprint density at radius 1 is 1.60 bits per heavy atom. The Hall–Kier alpha value is -1.33. The highest BCUT2D eigenvalue weighted by atomic mass is 16.3. The zero-order valence-electron chi connectivity index (χ0n) is 5.36. The van der Waals surface area contributed by atoms with E-state index < -0.39 is 6.10 Å². The van der Waals surface area contributed by atoms with Crippen LogP contribution in [0.5, 0.6) is 0 Å². The zero-order valence-corrected chi connectivity index (χ0v) is 5.36. The highest BCUT2D eigenvalue weighted by molar-refractivity contribution is 5.14. The van der Waals surface area contributed by atoms with E-state index in [0.29, 0.717) is 5.69 Å². The molecule has 1 aromatic rings. The van der Waals surface area contributed by atoms with E-state index in [-0.39, 0.29) is 0 Å². The minimum absolute atomic E-state index is 0.519. The molecule has 50 valence electrons. The summed E-state index contributed by atoms with van der Waals surface area (Å²) in [6.07, 6.45) is 5.68. The Labute approximate surface area is 59.5 Å². The van der Waals surface area contributed by atoms with Crippen molar-refractivity contribution in [2.75, 3.05) is 0 Å². The molecule has 1 rings (SSSR count). The fourth-order valence-electron chi connectivity index (χ4n) is 0.623. The summed E-state index contributed by atoms with van der Waals surface area (Å²) in [6, 6.07) is 5.24. The van der Waals surface area contributed by atoms with Gasteiger partial charge in [0.15, 0.2) is 6.10 Å². The van der Waals surface area contributed by atoms with Crippen LogP contribution in [-0.4, -0.2) is 10.1 Å². The molecule has 0 radical (unpaired) electrons. The van der Waals surface area contributed by atoms with Crippen LogP contribution in [0.4, 0.5) is 0 Å². The molecule has 0 aliphatic carbocycles. The molecular weight excluding hydrogens is 126 g/mol. The molecule has 0 saturated heterocycles. The highest BCUT2D eigenvalue weighted by Gasteiger charge is 2.00. The summed E-state index contributed by atoms with van der Waals surface area (Å²) in [5.74, 6) is 2.17. The van der Waals surface area contributed by atoms with Crippen LogP contribution < -0.4 is 0 Å². The average Bonchev–Trinajstić information content (AvgIpc) is 2.05. The first-order chi connectivity index (χ1) is 4.84.